The van der Waals surface area contributed by atoms with Crippen LogP contribution < -0.4 is 0 Å². The maximum Gasteiger partial charge on any atom is 0.0697 e. The van der Waals surface area contributed by atoms with Crippen molar-refractivity contribution in [3.8, 4) is 0 Å². The molecule has 0 aliphatic carbocycles. The number of hydrogen-bond donors (Lipinski definition) is 0. The summed E-state index contributed by atoms with van der Waals surface area (Å²) in [4.78, 5) is 10.6. The van der Waals surface area contributed by atoms with Crippen LogP contribution in [0.15, 0.2) is 46.4 Å². The predicted octanol–water partition coefficient (Wildman–Crippen LogP) is 9.02. The lowest BCUT2D eigenvalue weighted by Crippen LogP contribution is -2.17. The topological polar surface area (TPSA) is 24.7 Å². The second kappa shape index (κ2) is 13.4. The monoisotopic (exact) mass is 432 g/mol. The van der Waals surface area contributed by atoms with Gasteiger partial charge in [0, 0.05) is 0 Å². The fraction of sp³-hybridized carbons (Fsp3) is 0.533. The van der Waals surface area contributed by atoms with E-state index in [1.807, 2.05) is 0 Å². The Bertz CT molecular complexity index is 870. The fourth-order valence-electron chi connectivity index (χ4n) is 4.43. The average molecular weight is 433 g/mol. The third kappa shape index (κ3) is 6.89. The zero-order valence-corrected chi connectivity index (χ0v) is 21.6. The van der Waals surface area contributed by atoms with Gasteiger partial charge in [0.2, 0.25) is 0 Å². The lowest BCUT2D eigenvalue weighted by molar-refractivity contribution is 0.879. The van der Waals surface area contributed by atoms with E-state index < -0.39 is 0 Å². The van der Waals surface area contributed by atoms with Crippen LogP contribution in [0.2, 0.25) is 0 Å². The molecule has 0 bridgehead atoms. The predicted molar refractivity (Wildman–Crippen MR) is 144 cm³/mol. The number of aliphatic imine (C=N–C) groups is 2. The van der Waals surface area contributed by atoms with Gasteiger partial charge in [0.15, 0.2) is 0 Å². The van der Waals surface area contributed by atoms with Crippen molar-refractivity contribution >= 4 is 22.8 Å². The van der Waals surface area contributed by atoms with Crippen molar-refractivity contribution in [2.75, 3.05) is 0 Å². The maximum atomic E-state index is 5.33. The van der Waals surface area contributed by atoms with Crippen LogP contribution in [0.3, 0.4) is 0 Å². The summed E-state index contributed by atoms with van der Waals surface area (Å²) in [6, 6.07) is 13.4. The largest absolute Gasteiger partial charge is 0.251 e. The first-order valence-corrected chi connectivity index (χ1v) is 12.8. The first kappa shape index (κ1) is 26.0. The highest BCUT2D eigenvalue weighted by atomic mass is 14.8. The van der Waals surface area contributed by atoms with Gasteiger partial charge in [-0.05, 0) is 60.8 Å². The Balaban J connectivity index is 2.65. The lowest BCUT2D eigenvalue weighted by Gasteiger charge is -2.17. The third-order valence-electron chi connectivity index (χ3n) is 5.91. The molecule has 0 heterocycles. The summed E-state index contributed by atoms with van der Waals surface area (Å²) < 4.78 is 0. The maximum absolute atomic E-state index is 5.33. The van der Waals surface area contributed by atoms with Crippen LogP contribution in [0.4, 0.5) is 11.4 Å². The standard InChI is InChI=1S/C30H44N2/c1-8-14-24-18-12-19-25(15-9-2)29(24)31-23(7)28(22(5)6)32-30-26(16-10-3)20-13-21-27(30)17-11-4/h12-13,18-22H,8-11,14-17H2,1-7H3. The van der Waals surface area contributed by atoms with Gasteiger partial charge in [-0.25, -0.2) is 0 Å². The molecule has 0 saturated carbocycles. The summed E-state index contributed by atoms with van der Waals surface area (Å²) >= 11 is 0. The van der Waals surface area contributed by atoms with Crippen molar-refractivity contribution in [2.45, 2.75) is 99.8 Å². The first-order valence-electron chi connectivity index (χ1n) is 12.8. The van der Waals surface area contributed by atoms with Gasteiger partial charge in [-0.2, -0.15) is 0 Å². The molecule has 0 saturated heterocycles. The minimum absolute atomic E-state index is 0.316. The molecule has 0 amide bonds. The fourth-order valence-corrected chi connectivity index (χ4v) is 4.43. The molecule has 0 fully saturated rings. The molecule has 2 heteroatoms. The summed E-state index contributed by atoms with van der Waals surface area (Å²) in [6.45, 7) is 15.6. The van der Waals surface area contributed by atoms with Gasteiger partial charge < -0.3 is 0 Å². The molecule has 0 N–H and O–H groups in total. The van der Waals surface area contributed by atoms with Gasteiger partial charge in [-0.1, -0.05) is 104 Å². The highest BCUT2D eigenvalue weighted by molar-refractivity contribution is 6.43. The Morgan fingerprint density at radius 2 is 0.969 bits per heavy atom. The molecule has 0 unspecified atom stereocenters. The molecular formula is C30H44N2. The molecule has 2 nitrogen and oxygen atoms in total. The third-order valence-corrected chi connectivity index (χ3v) is 5.91. The molecule has 2 aromatic carbocycles. The molecule has 2 aromatic rings. The smallest absolute Gasteiger partial charge is 0.0697 e. The van der Waals surface area contributed by atoms with Crippen LogP contribution in [0.25, 0.3) is 0 Å². The second-order valence-corrected chi connectivity index (χ2v) is 9.20. The zero-order chi connectivity index (χ0) is 23.5. The first-order chi connectivity index (χ1) is 15.5. The van der Waals surface area contributed by atoms with Crippen LogP contribution in [-0.2, 0) is 25.7 Å². The summed E-state index contributed by atoms with van der Waals surface area (Å²) in [5.74, 6) is 0.316. The number of benzene rings is 2. The zero-order valence-electron chi connectivity index (χ0n) is 21.6. The van der Waals surface area contributed by atoms with Gasteiger partial charge in [-0.3, -0.25) is 9.98 Å². The molecule has 0 radical (unpaired) electrons. The van der Waals surface area contributed by atoms with Gasteiger partial charge in [0.25, 0.3) is 0 Å². The Hall–Kier alpha value is -2.22. The Morgan fingerprint density at radius 1 is 0.625 bits per heavy atom. The van der Waals surface area contributed by atoms with Crippen LogP contribution in [0.5, 0.6) is 0 Å². The van der Waals surface area contributed by atoms with Crippen molar-refractivity contribution in [2.24, 2.45) is 15.9 Å². The normalized spacial score (nSPS) is 12.6. The van der Waals surface area contributed by atoms with Crippen molar-refractivity contribution in [1.82, 2.24) is 0 Å². The van der Waals surface area contributed by atoms with Crippen LogP contribution in [0, 0.1) is 5.92 Å². The SMILES string of the molecule is CCCc1cccc(CCC)c1N=C(C)C(=Nc1c(CCC)cccc1CCC)C(C)C. The van der Waals surface area contributed by atoms with Gasteiger partial charge in [-0.15, -0.1) is 0 Å². The summed E-state index contributed by atoms with van der Waals surface area (Å²) in [5.41, 5.74) is 9.97. The lowest BCUT2D eigenvalue weighted by atomic mass is 9.98. The van der Waals surface area contributed by atoms with Gasteiger partial charge in [0.1, 0.15) is 0 Å². The number of hydrogen-bond acceptors (Lipinski definition) is 2. The summed E-state index contributed by atoms with van der Waals surface area (Å²) in [7, 11) is 0. The van der Waals surface area contributed by atoms with E-state index in [-0.39, 0.29) is 0 Å². The second-order valence-electron chi connectivity index (χ2n) is 9.20. The van der Waals surface area contributed by atoms with Gasteiger partial charge in [0.05, 0.1) is 22.8 Å². The molecular weight excluding hydrogens is 388 g/mol. The van der Waals surface area contributed by atoms with E-state index in [2.05, 4.69) is 84.9 Å². The van der Waals surface area contributed by atoms with E-state index >= 15 is 0 Å². The van der Waals surface area contributed by atoms with E-state index in [9.17, 15) is 0 Å². The molecule has 174 valence electrons. The number of para-hydroxylation sites is 2. The quantitative estimate of drug-likeness (QED) is 0.299. The molecule has 0 aliphatic rings. The Morgan fingerprint density at radius 3 is 1.28 bits per heavy atom. The summed E-state index contributed by atoms with van der Waals surface area (Å²) in [5, 5.41) is 0. The number of rotatable bonds is 12. The molecule has 2 rings (SSSR count). The van der Waals surface area contributed by atoms with Crippen molar-refractivity contribution < 1.29 is 0 Å². The van der Waals surface area contributed by atoms with Crippen molar-refractivity contribution in [3.05, 3.63) is 58.7 Å². The van der Waals surface area contributed by atoms with Crippen molar-refractivity contribution in [3.63, 3.8) is 0 Å². The number of nitrogens with zero attached hydrogens (tertiary/aromatic N) is 2. The van der Waals surface area contributed by atoms with E-state index in [0.29, 0.717) is 5.92 Å². The molecule has 0 aromatic heterocycles. The van der Waals surface area contributed by atoms with E-state index in [1.54, 1.807) is 0 Å². The van der Waals surface area contributed by atoms with Crippen LogP contribution in [-0.4, -0.2) is 11.4 Å². The molecule has 0 aliphatic heterocycles. The minimum Gasteiger partial charge on any atom is -0.251 e. The average Bonchev–Trinajstić information content (AvgIpc) is 2.76. The Labute approximate surface area is 197 Å². The Kier molecular flexibility index (Phi) is 10.9. The van der Waals surface area contributed by atoms with Crippen LogP contribution >= 0.6 is 0 Å². The highest BCUT2D eigenvalue weighted by Gasteiger charge is 2.15. The number of aryl methyl sites for hydroxylation is 4. The van der Waals surface area contributed by atoms with E-state index in [4.69, 9.17) is 9.98 Å². The minimum atomic E-state index is 0.316. The van der Waals surface area contributed by atoms with E-state index in [1.165, 1.54) is 33.6 Å². The summed E-state index contributed by atoms with van der Waals surface area (Å²) in [6.07, 6.45) is 8.80. The molecule has 0 spiro atoms. The molecule has 0 atom stereocenters. The van der Waals surface area contributed by atoms with Gasteiger partial charge >= 0.3 is 0 Å². The van der Waals surface area contributed by atoms with E-state index in [0.717, 1.165) is 62.8 Å². The van der Waals surface area contributed by atoms with Crippen LogP contribution in [0.1, 0.15) is 96.4 Å². The molecule has 32 heavy (non-hydrogen) atoms. The van der Waals surface area contributed by atoms with Crippen molar-refractivity contribution in [1.29, 1.82) is 0 Å². The highest BCUT2D eigenvalue weighted by Crippen LogP contribution is 2.30.